The van der Waals surface area contributed by atoms with E-state index in [1.54, 1.807) is 7.11 Å². The molecule has 0 aliphatic rings. The number of rotatable bonds is 7. The van der Waals surface area contributed by atoms with E-state index in [0.717, 1.165) is 11.1 Å². The molecule has 0 heterocycles. The third-order valence-electron chi connectivity index (χ3n) is 2.87. The number of carbonyl (C=O) groups is 1. The summed E-state index contributed by atoms with van der Waals surface area (Å²) in [7, 11) is 1.55. The molecule has 2 rings (SSSR count). The Bertz CT molecular complexity index is 549. The summed E-state index contributed by atoms with van der Waals surface area (Å²) in [4.78, 5) is 11.4. The number of esters is 1. The van der Waals surface area contributed by atoms with Crippen molar-refractivity contribution >= 4 is 5.97 Å². The molecule has 0 bridgehead atoms. The lowest BCUT2D eigenvalue weighted by Gasteiger charge is -2.07. The minimum absolute atomic E-state index is 0.103. The van der Waals surface area contributed by atoms with E-state index in [2.05, 4.69) is 0 Å². The Morgan fingerprint density at radius 3 is 2.24 bits per heavy atom. The Morgan fingerprint density at radius 2 is 1.57 bits per heavy atom. The van der Waals surface area contributed by atoms with Crippen molar-refractivity contribution < 1.29 is 19.0 Å². The molecule has 4 heteroatoms. The van der Waals surface area contributed by atoms with Crippen molar-refractivity contribution in [1.82, 2.24) is 0 Å². The van der Waals surface area contributed by atoms with Crippen molar-refractivity contribution in [3.05, 3.63) is 54.6 Å². The molecule has 0 atom stereocenters. The summed E-state index contributed by atoms with van der Waals surface area (Å²) in [5.41, 5.74) is 2.24. The molecule has 0 saturated carbocycles. The van der Waals surface area contributed by atoms with E-state index in [-0.39, 0.29) is 13.2 Å². The maximum Gasteiger partial charge on any atom is 0.344 e. The van der Waals surface area contributed by atoms with Gasteiger partial charge in [0.2, 0.25) is 0 Å². The number of carbonyl (C=O) groups excluding carboxylic acids is 1. The van der Waals surface area contributed by atoms with Gasteiger partial charge in [-0.05, 0) is 23.3 Å². The first kappa shape index (κ1) is 15.1. The van der Waals surface area contributed by atoms with Gasteiger partial charge in [-0.2, -0.15) is 0 Å². The van der Waals surface area contributed by atoms with Crippen LogP contribution in [-0.2, 0) is 14.3 Å². The summed E-state index contributed by atoms with van der Waals surface area (Å²) in [6, 6.07) is 17.7. The second-order valence-corrected chi connectivity index (χ2v) is 4.39. The second kappa shape index (κ2) is 8.07. The summed E-state index contributed by atoms with van der Waals surface area (Å²) in [6.07, 6.45) is 0. The number of hydrogen-bond donors (Lipinski definition) is 0. The molecule has 0 aliphatic carbocycles. The molecule has 21 heavy (non-hydrogen) atoms. The molecule has 0 amide bonds. The van der Waals surface area contributed by atoms with Crippen molar-refractivity contribution in [2.45, 2.75) is 0 Å². The largest absolute Gasteiger partial charge is 0.482 e. The van der Waals surface area contributed by atoms with Gasteiger partial charge in [0, 0.05) is 7.11 Å². The zero-order valence-corrected chi connectivity index (χ0v) is 12.0. The van der Waals surface area contributed by atoms with Crippen LogP contribution in [0.2, 0.25) is 0 Å². The highest BCUT2D eigenvalue weighted by atomic mass is 16.6. The van der Waals surface area contributed by atoms with Gasteiger partial charge in [0.05, 0.1) is 6.61 Å². The molecule has 0 aromatic heterocycles. The topological polar surface area (TPSA) is 44.8 Å². The van der Waals surface area contributed by atoms with E-state index in [0.29, 0.717) is 12.4 Å². The van der Waals surface area contributed by atoms with Crippen LogP contribution in [0, 0.1) is 0 Å². The van der Waals surface area contributed by atoms with E-state index >= 15 is 0 Å². The molecule has 0 N–H and O–H groups in total. The molecule has 110 valence electrons. The molecule has 0 saturated heterocycles. The summed E-state index contributed by atoms with van der Waals surface area (Å²) in [5.74, 6) is 0.234. The highest BCUT2D eigenvalue weighted by molar-refractivity contribution is 5.71. The maximum atomic E-state index is 11.4. The van der Waals surface area contributed by atoms with Gasteiger partial charge in [-0.1, -0.05) is 42.5 Å². The van der Waals surface area contributed by atoms with Gasteiger partial charge >= 0.3 is 5.97 Å². The lowest BCUT2D eigenvalue weighted by atomic mass is 10.1. The minimum Gasteiger partial charge on any atom is -0.482 e. The number of hydrogen-bond acceptors (Lipinski definition) is 4. The Morgan fingerprint density at radius 1 is 0.905 bits per heavy atom. The van der Waals surface area contributed by atoms with Gasteiger partial charge in [-0.25, -0.2) is 4.79 Å². The maximum absolute atomic E-state index is 11.4. The van der Waals surface area contributed by atoms with Gasteiger partial charge in [0.15, 0.2) is 6.61 Å². The summed E-state index contributed by atoms with van der Waals surface area (Å²) in [5, 5.41) is 0. The monoisotopic (exact) mass is 286 g/mol. The molecule has 4 nitrogen and oxygen atoms in total. The Hall–Kier alpha value is -2.33. The van der Waals surface area contributed by atoms with Crippen LogP contribution < -0.4 is 4.74 Å². The number of ether oxygens (including phenoxy) is 3. The van der Waals surface area contributed by atoms with Gasteiger partial charge in [0.1, 0.15) is 12.4 Å². The third-order valence-corrected chi connectivity index (χ3v) is 2.87. The van der Waals surface area contributed by atoms with Crippen LogP contribution >= 0.6 is 0 Å². The fraction of sp³-hybridized carbons (Fsp3) is 0.235. The van der Waals surface area contributed by atoms with Crippen LogP contribution in [0.1, 0.15) is 0 Å². The summed E-state index contributed by atoms with van der Waals surface area (Å²) < 4.78 is 15.1. The molecule has 0 aliphatic heterocycles. The molecule has 0 unspecified atom stereocenters. The predicted octanol–water partition coefficient (Wildman–Crippen LogP) is 2.92. The Balaban J connectivity index is 1.84. The molecular formula is C17H18O4. The standard InChI is InChI=1S/C17H18O4/c1-19-11-12-20-17(18)13-21-16-9-7-15(8-10-16)14-5-3-2-4-6-14/h2-10H,11-13H2,1H3. The quantitative estimate of drug-likeness (QED) is 0.580. The van der Waals surface area contributed by atoms with Crippen LogP contribution in [0.4, 0.5) is 0 Å². The van der Waals surface area contributed by atoms with Crippen LogP contribution in [-0.4, -0.2) is 32.9 Å². The lowest BCUT2D eigenvalue weighted by Crippen LogP contribution is -2.17. The van der Waals surface area contributed by atoms with Crippen LogP contribution in [0.15, 0.2) is 54.6 Å². The van der Waals surface area contributed by atoms with Crippen LogP contribution in [0.25, 0.3) is 11.1 Å². The fourth-order valence-electron chi connectivity index (χ4n) is 1.80. The molecule has 0 fully saturated rings. The van der Waals surface area contributed by atoms with Crippen LogP contribution in [0.5, 0.6) is 5.75 Å². The molecule has 0 spiro atoms. The van der Waals surface area contributed by atoms with E-state index in [9.17, 15) is 4.79 Å². The van der Waals surface area contributed by atoms with Crippen molar-refractivity contribution in [1.29, 1.82) is 0 Å². The molecule has 2 aromatic rings. The number of benzene rings is 2. The first-order valence-corrected chi connectivity index (χ1v) is 6.72. The van der Waals surface area contributed by atoms with Crippen molar-refractivity contribution in [3.8, 4) is 16.9 Å². The Labute approximate surface area is 124 Å². The average molecular weight is 286 g/mol. The fourth-order valence-corrected chi connectivity index (χ4v) is 1.80. The third kappa shape index (κ3) is 4.93. The zero-order chi connectivity index (χ0) is 14.9. The van der Waals surface area contributed by atoms with Gasteiger partial charge in [0.25, 0.3) is 0 Å². The van der Waals surface area contributed by atoms with E-state index in [1.807, 2.05) is 54.6 Å². The highest BCUT2D eigenvalue weighted by Gasteiger charge is 2.04. The normalized spacial score (nSPS) is 10.1. The van der Waals surface area contributed by atoms with Gasteiger partial charge < -0.3 is 14.2 Å². The van der Waals surface area contributed by atoms with E-state index in [1.165, 1.54) is 0 Å². The molecule has 2 aromatic carbocycles. The predicted molar refractivity (Wildman–Crippen MR) is 80.2 cm³/mol. The lowest BCUT2D eigenvalue weighted by molar-refractivity contribution is -0.147. The smallest absolute Gasteiger partial charge is 0.344 e. The van der Waals surface area contributed by atoms with Gasteiger partial charge in [-0.15, -0.1) is 0 Å². The second-order valence-electron chi connectivity index (χ2n) is 4.39. The first-order chi connectivity index (χ1) is 10.3. The average Bonchev–Trinajstić information content (AvgIpc) is 2.54. The van der Waals surface area contributed by atoms with E-state index < -0.39 is 5.97 Å². The van der Waals surface area contributed by atoms with E-state index in [4.69, 9.17) is 14.2 Å². The zero-order valence-electron chi connectivity index (χ0n) is 12.0. The van der Waals surface area contributed by atoms with Crippen LogP contribution in [0.3, 0.4) is 0 Å². The molecular weight excluding hydrogens is 268 g/mol. The number of methoxy groups -OCH3 is 1. The molecule has 0 radical (unpaired) electrons. The van der Waals surface area contributed by atoms with Crippen molar-refractivity contribution in [3.63, 3.8) is 0 Å². The van der Waals surface area contributed by atoms with Crippen molar-refractivity contribution in [2.75, 3.05) is 26.9 Å². The van der Waals surface area contributed by atoms with Crippen molar-refractivity contribution in [2.24, 2.45) is 0 Å². The first-order valence-electron chi connectivity index (χ1n) is 6.72. The van der Waals surface area contributed by atoms with Gasteiger partial charge in [-0.3, -0.25) is 0 Å². The minimum atomic E-state index is -0.404. The summed E-state index contributed by atoms with van der Waals surface area (Å²) >= 11 is 0. The summed E-state index contributed by atoms with van der Waals surface area (Å²) in [6.45, 7) is 0.525. The highest BCUT2D eigenvalue weighted by Crippen LogP contribution is 2.21. The SMILES string of the molecule is COCCOC(=O)COc1ccc(-c2ccccc2)cc1. The Kier molecular flexibility index (Phi) is 5.79.